The van der Waals surface area contributed by atoms with Crippen LogP contribution in [0.2, 0.25) is 10.0 Å². The van der Waals surface area contributed by atoms with Gasteiger partial charge in [-0.2, -0.15) is 0 Å². The van der Waals surface area contributed by atoms with E-state index in [-0.39, 0.29) is 6.61 Å². The molecule has 0 saturated carbocycles. The number of pyridine rings is 1. The van der Waals surface area contributed by atoms with E-state index in [0.29, 0.717) is 38.7 Å². The first-order valence-corrected chi connectivity index (χ1v) is 6.75. The molecule has 0 radical (unpaired) electrons. The molecule has 0 saturated heterocycles. The minimum Gasteiger partial charge on any atom is -0.493 e. The van der Waals surface area contributed by atoms with Gasteiger partial charge in [-0.3, -0.25) is 4.98 Å². The van der Waals surface area contributed by atoms with Crippen LogP contribution in [-0.2, 0) is 6.61 Å². The topological polar surface area (TPSA) is 66.6 Å². The number of anilines is 1. The van der Waals surface area contributed by atoms with Crippen molar-refractivity contribution in [2.75, 3.05) is 20.0 Å². The van der Waals surface area contributed by atoms with E-state index in [4.69, 9.17) is 43.1 Å². The molecule has 0 fully saturated rings. The minimum absolute atomic E-state index is 0.155. The molecule has 5 nitrogen and oxygen atoms in total. The van der Waals surface area contributed by atoms with Gasteiger partial charge in [-0.05, 0) is 6.07 Å². The van der Waals surface area contributed by atoms with Crippen molar-refractivity contribution >= 4 is 28.9 Å². The third-order valence-electron chi connectivity index (χ3n) is 2.78. The van der Waals surface area contributed by atoms with Crippen molar-refractivity contribution in [2.24, 2.45) is 0 Å². The molecule has 0 spiro atoms. The molecule has 7 heteroatoms. The number of benzene rings is 1. The predicted molar refractivity (Wildman–Crippen MR) is 82.5 cm³/mol. The maximum Gasteiger partial charge on any atom is 0.185 e. The number of rotatable bonds is 5. The van der Waals surface area contributed by atoms with Crippen LogP contribution in [0, 0.1) is 0 Å². The van der Waals surface area contributed by atoms with Gasteiger partial charge in [0, 0.05) is 18.3 Å². The minimum atomic E-state index is 0.155. The van der Waals surface area contributed by atoms with Gasteiger partial charge in [-0.25, -0.2) is 0 Å². The average molecular weight is 329 g/mol. The molecule has 2 N–H and O–H groups in total. The molecule has 112 valence electrons. The number of nitrogens with zero attached hydrogens (tertiary/aromatic N) is 1. The summed E-state index contributed by atoms with van der Waals surface area (Å²) in [4.78, 5) is 4.21. The van der Waals surface area contributed by atoms with Crippen LogP contribution in [0.15, 0.2) is 24.4 Å². The first kappa shape index (κ1) is 15.5. The summed E-state index contributed by atoms with van der Waals surface area (Å²) in [6.45, 7) is 0.155. The zero-order valence-corrected chi connectivity index (χ0v) is 13.0. The highest BCUT2D eigenvalue weighted by Gasteiger charge is 2.13. The van der Waals surface area contributed by atoms with Crippen LogP contribution in [0.4, 0.5) is 5.69 Å². The van der Waals surface area contributed by atoms with Gasteiger partial charge in [0.15, 0.2) is 11.5 Å². The van der Waals surface area contributed by atoms with Crippen LogP contribution >= 0.6 is 23.2 Å². The lowest BCUT2D eigenvalue weighted by atomic mass is 10.3. The number of halogens is 2. The lowest BCUT2D eigenvalue weighted by molar-refractivity contribution is 0.286. The molecule has 0 amide bonds. The highest BCUT2D eigenvalue weighted by molar-refractivity contribution is 6.42. The van der Waals surface area contributed by atoms with E-state index in [9.17, 15) is 0 Å². The van der Waals surface area contributed by atoms with Crippen molar-refractivity contribution in [3.63, 3.8) is 0 Å². The third-order valence-corrected chi connectivity index (χ3v) is 3.51. The molecule has 21 heavy (non-hydrogen) atoms. The van der Waals surface area contributed by atoms with E-state index in [1.165, 1.54) is 13.2 Å². The zero-order chi connectivity index (χ0) is 15.4. The molecule has 2 aromatic rings. The average Bonchev–Trinajstić information content (AvgIpc) is 2.49. The lowest BCUT2D eigenvalue weighted by Gasteiger charge is -2.13. The molecule has 1 aromatic carbocycles. The zero-order valence-electron chi connectivity index (χ0n) is 11.5. The Hall–Kier alpha value is -1.85. The second kappa shape index (κ2) is 6.74. The van der Waals surface area contributed by atoms with Crippen LogP contribution < -0.4 is 19.9 Å². The molecule has 0 unspecified atom stereocenters. The quantitative estimate of drug-likeness (QED) is 0.850. The summed E-state index contributed by atoms with van der Waals surface area (Å²) in [5.74, 6) is 1.52. The van der Waals surface area contributed by atoms with Crippen molar-refractivity contribution < 1.29 is 14.2 Å². The molecule has 1 heterocycles. The maximum absolute atomic E-state index is 5.95. The molecule has 0 aliphatic rings. The fourth-order valence-electron chi connectivity index (χ4n) is 1.77. The molecule has 0 atom stereocenters. The molecular weight excluding hydrogens is 315 g/mol. The van der Waals surface area contributed by atoms with Crippen molar-refractivity contribution in [3.8, 4) is 17.2 Å². The molecule has 0 aliphatic heterocycles. The Morgan fingerprint density at radius 3 is 2.48 bits per heavy atom. The van der Waals surface area contributed by atoms with Gasteiger partial charge in [0.25, 0.3) is 0 Å². The summed E-state index contributed by atoms with van der Waals surface area (Å²) in [5, 5.41) is 0.741. The van der Waals surface area contributed by atoms with Gasteiger partial charge in [0.1, 0.15) is 18.1 Å². The normalized spacial score (nSPS) is 10.3. The van der Waals surface area contributed by atoms with E-state index < -0.39 is 0 Å². The monoisotopic (exact) mass is 328 g/mol. The summed E-state index contributed by atoms with van der Waals surface area (Å²) < 4.78 is 16.1. The van der Waals surface area contributed by atoms with Gasteiger partial charge in [0.05, 0.1) is 30.0 Å². The van der Waals surface area contributed by atoms with Gasteiger partial charge in [-0.15, -0.1) is 0 Å². The first-order chi connectivity index (χ1) is 10.1. The number of ether oxygens (including phenoxy) is 3. The third kappa shape index (κ3) is 3.43. The predicted octanol–water partition coefficient (Wildman–Crippen LogP) is 3.57. The molecular formula is C14H14Cl2N2O3. The number of nitrogen functional groups attached to an aromatic ring is 1. The Labute approximate surface area is 132 Å². The number of methoxy groups -OCH3 is 2. The Morgan fingerprint density at radius 2 is 1.81 bits per heavy atom. The molecule has 2 rings (SSSR count). The Kier molecular flexibility index (Phi) is 4.98. The summed E-state index contributed by atoms with van der Waals surface area (Å²) in [5.41, 5.74) is 6.82. The summed E-state index contributed by atoms with van der Waals surface area (Å²) in [6.07, 6.45) is 1.61. The van der Waals surface area contributed by atoms with Gasteiger partial charge >= 0.3 is 0 Å². The second-order valence-corrected chi connectivity index (χ2v) is 4.90. The Morgan fingerprint density at radius 1 is 1.10 bits per heavy atom. The van der Waals surface area contributed by atoms with E-state index in [0.717, 1.165) is 0 Å². The van der Waals surface area contributed by atoms with Crippen LogP contribution in [0.1, 0.15) is 5.69 Å². The number of aromatic nitrogens is 1. The van der Waals surface area contributed by atoms with Crippen LogP contribution in [0.5, 0.6) is 17.2 Å². The number of hydrogen-bond donors (Lipinski definition) is 1. The van der Waals surface area contributed by atoms with Crippen LogP contribution in [0.25, 0.3) is 0 Å². The van der Waals surface area contributed by atoms with Crippen molar-refractivity contribution in [1.29, 1.82) is 0 Å². The van der Waals surface area contributed by atoms with E-state index in [1.54, 1.807) is 25.4 Å². The smallest absolute Gasteiger partial charge is 0.185 e. The fraction of sp³-hybridized carbons (Fsp3) is 0.214. The van der Waals surface area contributed by atoms with Gasteiger partial charge in [0.2, 0.25) is 0 Å². The van der Waals surface area contributed by atoms with Crippen LogP contribution in [-0.4, -0.2) is 19.2 Å². The summed E-state index contributed by atoms with van der Waals surface area (Å²) >= 11 is 11.8. The Balaban J connectivity index is 2.22. The second-order valence-electron chi connectivity index (χ2n) is 4.09. The van der Waals surface area contributed by atoms with Crippen molar-refractivity contribution in [1.82, 2.24) is 4.98 Å². The molecule has 0 aliphatic carbocycles. The van der Waals surface area contributed by atoms with Crippen molar-refractivity contribution in [2.45, 2.75) is 6.61 Å². The van der Waals surface area contributed by atoms with Gasteiger partial charge < -0.3 is 19.9 Å². The van der Waals surface area contributed by atoms with Gasteiger partial charge in [-0.1, -0.05) is 23.2 Å². The summed E-state index contributed by atoms with van der Waals surface area (Å²) in [7, 11) is 3.09. The number of hydrogen-bond acceptors (Lipinski definition) is 5. The number of nitrogens with two attached hydrogens (primary N) is 1. The first-order valence-electron chi connectivity index (χ1n) is 6.00. The highest BCUT2D eigenvalue weighted by atomic mass is 35.5. The van der Waals surface area contributed by atoms with Crippen molar-refractivity contribution in [3.05, 3.63) is 40.1 Å². The SMILES string of the molecule is COc1ccnc(COc2cc(Cl)c(Cl)cc2N)c1OC. The largest absolute Gasteiger partial charge is 0.493 e. The van der Waals surface area contributed by atoms with E-state index in [1.807, 2.05) is 0 Å². The Bertz CT molecular complexity index is 650. The van der Waals surface area contributed by atoms with Crippen LogP contribution in [0.3, 0.4) is 0 Å². The maximum atomic E-state index is 5.95. The lowest BCUT2D eigenvalue weighted by Crippen LogP contribution is -2.04. The molecule has 0 bridgehead atoms. The highest BCUT2D eigenvalue weighted by Crippen LogP contribution is 2.34. The fourth-order valence-corrected chi connectivity index (χ4v) is 2.09. The van der Waals surface area contributed by atoms with E-state index >= 15 is 0 Å². The standard InChI is InChI=1S/C14H14Cl2N2O3/c1-19-12-3-4-18-11(14(12)20-2)7-21-13-6-9(16)8(15)5-10(13)17/h3-6H,7,17H2,1-2H3. The van der Waals surface area contributed by atoms with E-state index in [2.05, 4.69) is 4.98 Å². The molecule has 1 aromatic heterocycles. The summed E-state index contributed by atoms with van der Waals surface area (Å²) in [6, 6.07) is 4.80.